The molecule has 0 saturated carbocycles. The summed E-state index contributed by atoms with van der Waals surface area (Å²) in [6.45, 7) is 4.25. The standard InChI is InChI=1S/4C9H12N.4Bi/c4*1-10(2)8-9-6-4-3-5-7-9;;;;/h4*3-6H,8H2,1-2H3;;;;. The summed E-state index contributed by atoms with van der Waals surface area (Å²) in [5.74, 6) is 0. The maximum atomic E-state index is 2.20. The third kappa shape index (κ3) is 19.8. The molecule has 44 heavy (non-hydrogen) atoms. The van der Waals surface area contributed by atoms with Gasteiger partial charge >= 0.3 is 333 Å². The van der Waals surface area contributed by atoms with Crippen LogP contribution < -0.4 is 13.1 Å². The van der Waals surface area contributed by atoms with Crippen molar-refractivity contribution in [1.82, 2.24) is 19.6 Å². The molecule has 0 saturated heterocycles. The summed E-state index contributed by atoms with van der Waals surface area (Å²) in [6, 6.07) is 34.5. The normalized spacial score (nSPS) is 10.5. The summed E-state index contributed by atoms with van der Waals surface area (Å²) in [5.41, 5.74) is 5.85. The van der Waals surface area contributed by atoms with Gasteiger partial charge in [-0.2, -0.15) is 0 Å². The number of benzene rings is 4. The van der Waals surface area contributed by atoms with E-state index in [0.29, 0.717) is 0 Å². The van der Waals surface area contributed by atoms with E-state index in [9.17, 15) is 0 Å². The van der Waals surface area contributed by atoms with E-state index in [4.69, 9.17) is 0 Å². The fraction of sp³-hybridized carbons (Fsp3) is 0.333. The first-order chi connectivity index (χ1) is 20.8. The molecule has 4 aromatic carbocycles. The monoisotopic (exact) mass is 1370 g/mol. The zero-order chi connectivity index (χ0) is 33.1. The number of hydrogen-bond donors (Lipinski definition) is 0. The number of hydrogen-bond acceptors (Lipinski definition) is 4. The van der Waals surface area contributed by atoms with Crippen molar-refractivity contribution >= 4 is 112 Å². The van der Waals surface area contributed by atoms with E-state index < -0.39 is 0 Å². The molecule has 4 rings (SSSR count). The van der Waals surface area contributed by atoms with Crippen molar-refractivity contribution in [3.05, 3.63) is 119 Å². The Balaban J connectivity index is 0.000000293. The van der Waals surface area contributed by atoms with Crippen molar-refractivity contribution in [1.29, 1.82) is 0 Å². The Morgan fingerprint density at radius 3 is 0.614 bits per heavy atom. The number of nitrogens with zero attached hydrogens (tertiary/aromatic N) is 4. The topological polar surface area (TPSA) is 13.0 Å². The van der Waals surface area contributed by atoms with E-state index in [1.54, 1.807) is 0 Å². The van der Waals surface area contributed by atoms with E-state index in [0.717, 1.165) is 26.2 Å². The molecule has 0 aliphatic carbocycles. The Hall–Kier alpha value is 0.252. The van der Waals surface area contributed by atoms with Gasteiger partial charge in [-0.3, -0.25) is 0 Å². The molecule has 8 heteroatoms. The van der Waals surface area contributed by atoms with Gasteiger partial charge in [-0.15, -0.1) is 0 Å². The summed E-state index contributed by atoms with van der Waals surface area (Å²) in [5, 5.41) is 0. The van der Waals surface area contributed by atoms with Crippen LogP contribution in [0.15, 0.2) is 97.1 Å². The quantitative estimate of drug-likeness (QED) is 0.252. The molecule has 4 nitrogen and oxygen atoms in total. The molecule has 0 aromatic heterocycles. The van der Waals surface area contributed by atoms with Crippen molar-refractivity contribution in [2.45, 2.75) is 26.2 Å². The van der Waals surface area contributed by atoms with E-state index >= 15 is 0 Å². The zero-order valence-corrected chi connectivity index (χ0v) is 41.6. The molecule has 0 unspecified atom stereocenters. The van der Waals surface area contributed by atoms with Crippen LogP contribution in [0.5, 0.6) is 0 Å². The van der Waals surface area contributed by atoms with Gasteiger partial charge < -0.3 is 0 Å². The average Bonchev–Trinajstić information content (AvgIpc) is 2.94. The van der Waals surface area contributed by atoms with Gasteiger partial charge in [-0.1, -0.05) is 0 Å². The van der Waals surface area contributed by atoms with Gasteiger partial charge in [0.1, 0.15) is 0 Å². The fourth-order valence-electron chi connectivity index (χ4n) is 3.94. The van der Waals surface area contributed by atoms with Gasteiger partial charge in [-0.25, -0.2) is 0 Å². The summed E-state index contributed by atoms with van der Waals surface area (Å²) in [4.78, 5) is 8.80. The van der Waals surface area contributed by atoms with Gasteiger partial charge in [0.05, 0.1) is 0 Å². The second kappa shape index (κ2) is 24.4. The molecule has 0 aliphatic rings. The van der Waals surface area contributed by atoms with Gasteiger partial charge in [0.25, 0.3) is 0 Å². The van der Waals surface area contributed by atoms with Crippen LogP contribution in [0.25, 0.3) is 0 Å². The van der Waals surface area contributed by atoms with Crippen LogP contribution in [0.2, 0.25) is 0 Å². The Morgan fingerprint density at radius 2 is 0.477 bits per heavy atom. The van der Waals surface area contributed by atoms with Crippen molar-refractivity contribution in [2.24, 2.45) is 0 Å². The first-order valence-corrected chi connectivity index (χ1v) is 21.4. The van der Waals surface area contributed by atoms with E-state index in [2.05, 4.69) is 173 Å². The number of rotatable bonds is 8. The summed E-state index contributed by atoms with van der Waals surface area (Å²) >= 11 is 5.41. The minimum atomic E-state index is 1.06. The Labute approximate surface area is 329 Å². The van der Waals surface area contributed by atoms with Crippen molar-refractivity contribution in [3.8, 4) is 0 Å². The molecule has 0 amide bonds. The molecular weight excluding hydrogens is 1320 g/mol. The summed E-state index contributed by atoms with van der Waals surface area (Å²) in [7, 11) is 16.8. The predicted octanol–water partition coefficient (Wildman–Crippen LogP) is 2.17. The molecule has 0 bridgehead atoms. The molecule has 0 fully saturated rings. The maximum absolute atomic E-state index is 2.20. The van der Waals surface area contributed by atoms with E-state index in [1.165, 1.54) is 134 Å². The molecule has 0 N–H and O–H groups in total. The molecule has 0 spiro atoms. The van der Waals surface area contributed by atoms with Crippen LogP contribution in [0.3, 0.4) is 0 Å². The van der Waals surface area contributed by atoms with Crippen LogP contribution in [0.4, 0.5) is 0 Å². The molecular formula is C36H48Bi4N4. The minimum absolute atomic E-state index is 1.06. The van der Waals surface area contributed by atoms with Crippen molar-refractivity contribution in [2.75, 3.05) is 56.4 Å². The van der Waals surface area contributed by atoms with Crippen molar-refractivity contribution < 1.29 is 0 Å². The molecule has 232 valence electrons. The fourth-order valence-corrected chi connectivity index (χ4v) is 7.54. The Morgan fingerprint density at radius 1 is 0.318 bits per heavy atom. The third-order valence-corrected chi connectivity index (χ3v) is 12.7. The first-order valence-electron chi connectivity index (χ1n) is 14.5. The molecule has 4 aromatic rings. The predicted molar refractivity (Wildman–Crippen MR) is 197 cm³/mol. The molecule has 8 radical (unpaired) electrons. The molecule has 0 aliphatic heterocycles. The van der Waals surface area contributed by atoms with E-state index in [-0.39, 0.29) is 0 Å². The van der Waals surface area contributed by atoms with Crippen LogP contribution in [-0.2, 0) is 26.2 Å². The summed E-state index contributed by atoms with van der Waals surface area (Å²) < 4.78 is 5.95. The van der Waals surface area contributed by atoms with Crippen LogP contribution >= 0.6 is 0 Å². The van der Waals surface area contributed by atoms with Crippen LogP contribution in [0.1, 0.15) is 22.3 Å². The van der Waals surface area contributed by atoms with Gasteiger partial charge in [-0.05, 0) is 0 Å². The third-order valence-electron chi connectivity index (χ3n) is 5.91. The first kappa shape index (κ1) is 42.3. The van der Waals surface area contributed by atoms with Gasteiger partial charge in [0.15, 0.2) is 0 Å². The van der Waals surface area contributed by atoms with Gasteiger partial charge in [0, 0.05) is 0 Å². The Kier molecular flexibility index (Phi) is 23.4. The van der Waals surface area contributed by atoms with Crippen LogP contribution in [-0.4, -0.2) is 175 Å². The van der Waals surface area contributed by atoms with Crippen LogP contribution in [0, 0.1) is 0 Å². The van der Waals surface area contributed by atoms with E-state index in [1.807, 2.05) is 0 Å². The van der Waals surface area contributed by atoms with Gasteiger partial charge in [0.2, 0.25) is 0 Å². The molecule has 0 atom stereocenters. The second-order valence-corrected chi connectivity index (χ2v) is 19.0. The molecule has 0 heterocycles. The summed E-state index contributed by atoms with van der Waals surface area (Å²) in [6.07, 6.45) is 0. The SMILES string of the molecule is CN(C)Cc1cccc[c]1[Bi].CN(C)Cc1cccc[c]1[Bi].CN(C)Cc1cccc[c]1[Bi].CN(C)Cc1cccc[c]1[Bi]. The van der Waals surface area contributed by atoms with Crippen molar-refractivity contribution in [3.63, 3.8) is 0 Å². The zero-order valence-electron chi connectivity index (χ0n) is 27.6. The Bertz CT molecular complexity index is 1140. The second-order valence-electron chi connectivity index (χ2n) is 11.5. The average molecular weight is 1370 g/mol.